The van der Waals surface area contributed by atoms with Crippen molar-refractivity contribution in [2.75, 3.05) is 32.7 Å². The van der Waals surface area contributed by atoms with Gasteiger partial charge in [0.2, 0.25) is 11.8 Å². The van der Waals surface area contributed by atoms with E-state index in [1.54, 1.807) is 12.1 Å². The van der Waals surface area contributed by atoms with Gasteiger partial charge in [0.05, 0.1) is 6.54 Å². The first-order valence-electron chi connectivity index (χ1n) is 10.8. The van der Waals surface area contributed by atoms with Crippen LogP contribution < -0.4 is 5.32 Å². The molecule has 0 spiro atoms. The van der Waals surface area contributed by atoms with E-state index in [9.17, 15) is 14.0 Å². The predicted octanol–water partition coefficient (Wildman–Crippen LogP) is 3.29. The lowest BCUT2D eigenvalue weighted by atomic mass is 9.95. The maximum absolute atomic E-state index is 13.0. The summed E-state index contributed by atoms with van der Waals surface area (Å²) in [5.41, 5.74) is 0.887. The lowest BCUT2D eigenvalue weighted by molar-refractivity contribution is -0.134. The predicted molar refractivity (Wildman–Crippen MR) is 114 cm³/mol. The summed E-state index contributed by atoms with van der Waals surface area (Å²) in [6.07, 6.45) is 1.52. The quantitative estimate of drug-likeness (QED) is 0.686. The van der Waals surface area contributed by atoms with Crippen LogP contribution in [0, 0.1) is 23.6 Å². The zero-order chi connectivity index (χ0) is 21.4. The zero-order valence-electron chi connectivity index (χ0n) is 18.3. The molecule has 162 valence electrons. The van der Waals surface area contributed by atoms with Gasteiger partial charge in [-0.1, -0.05) is 39.8 Å². The molecule has 1 fully saturated rings. The number of carbonyl (C=O) groups excluding carboxylic acids is 2. The number of halogens is 1. The van der Waals surface area contributed by atoms with E-state index < -0.39 is 0 Å². The van der Waals surface area contributed by atoms with Gasteiger partial charge >= 0.3 is 0 Å². The lowest BCUT2D eigenvalue weighted by Crippen LogP contribution is -2.47. The van der Waals surface area contributed by atoms with Crippen LogP contribution in [0.5, 0.6) is 0 Å². The van der Waals surface area contributed by atoms with Crippen LogP contribution in [0.25, 0.3) is 0 Å². The second kappa shape index (κ2) is 11.3. The van der Waals surface area contributed by atoms with Gasteiger partial charge in [-0.2, -0.15) is 0 Å². The summed E-state index contributed by atoms with van der Waals surface area (Å²) in [4.78, 5) is 29.3. The van der Waals surface area contributed by atoms with Crippen molar-refractivity contribution in [2.24, 2.45) is 17.8 Å². The first kappa shape index (κ1) is 23.3. The van der Waals surface area contributed by atoms with Crippen LogP contribution in [-0.2, 0) is 16.1 Å². The number of rotatable bonds is 9. The Morgan fingerprint density at radius 3 is 2.14 bits per heavy atom. The van der Waals surface area contributed by atoms with E-state index in [4.69, 9.17) is 0 Å². The molecule has 0 bridgehead atoms. The summed E-state index contributed by atoms with van der Waals surface area (Å²) >= 11 is 0. The Labute approximate surface area is 174 Å². The van der Waals surface area contributed by atoms with Crippen molar-refractivity contribution in [3.8, 4) is 0 Å². The molecule has 1 aliphatic heterocycles. The second-order valence-corrected chi connectivity index (χ2v) is 8.98. The first-order chi connectivity index (χ1) is 13.7. The van der Waals surface area contributed by atoms with Gasteiger partial charge in [-0.15, -0.1) is 0 Å². The van der Waals surface area contributed by atoms with Crippen LogP contribution in [-0.4, -0.2) is 54.3 Å². The summed E-state index contributed by atoms with van der Waals surface area (Å²) in [6, 6.07) is 6.17. The van der Waals surface area contributed by atoms with Crippen molar-refractivity contribution < 1.29 is 14.0 Å². The molecular weight excluding hydrogens is 369 g/mol. The molecule has 0 atom stereocenters. The molecule has 6 heteroatoms. The number of hydrogen-bond donors (Lipinski definition) is 1. The largest absolute Gasteiger partial charge is 0.352 e. The van der Waals surface area contributed by atoms with E-state index in [0.717, 1.165) is 44.6 Å². The Kier molecular flexibility index (Phi) is 9.08. The Balaban J connectivity index is 1.76. The van der Waals surface area contributed by atoms with Crippen LogP contribution in [0.4, 0.5) is 4.39 Å². The maximum atomic E-state index is 13.0. The van der Waals surface area contributed by atoms with Gasteiger partial charge in [0, 0.05) is 25.6 Å². The molecule has 0 radical (unpaired) electrons. The molecule has 2 rings (SSSR count). The van der Waals surface area contributed by atoms with E-state index in [-0.39, 0.29) is 23.5 Å². The monoisotopic (exact) mass is 405 g/mol. The molecule has 1 aromatic carbocycles. The van der Waals surface area contributed by atoms with Crippen LogP contribution in [0.15, 0.2) is 24.3 Å². The molecule has 1 heterocycles. The molecule has 2 amide bonds. The third-order valence-electron chi connectivity index (χ3n) is 5.22. The van der Waals surface area contributed by atoms with Gasteiger partial charge in [0.15, 0.2) is 0 Å². The van der Waals surface area contributed by atoms with Crippen molar-refractivity contribution in [1.29, 1.82) is 0 Å². The number of piperidine rings is 1. The van der Waals surface area contributed by atoms with E-state index in [1.165, 1.54) is 12.1 Å². The molecule has 0 saturated carbocycles. The van der Waals surface area contributed by atoms with Gasteiger partial charge in [0.1, 0.15) is 5.82 Å². The molecule has 29 heavy (non-hydrogen) atoms. The lowest BCUT2D eigenvalue weighted by Gasteiger charge is -2.33. The minimum atomic E-state index is -0.276. The van der Waals surface area contributed by atoms with Crippen molar-refractivity contribution in [2.45, 2.75) is 47.1 Å². The SMILES string of the molecule is CC(C)CN(CC(C)C)C(=O)CN1CCC(C(=O)NCc2ccc(F)cc2)CC1. The van der Waals surface area contributed by atoms with Crippen LogP contribution in [0.2, 0.25) is 0 Å². The summed E-state index contributed by atoms with van der Waals surface area (Å²) in [7, 11) is 0. The van der Waals surface area contributed by atoms with E-state index in [0.29, 0.717) is 24.9 Å². The number of amides is 2. The van der Waals surface area contributed by atoms with E-state index in [2.05, 4.69) is 37.9 Å². The standard InChI is InChI=1S/C23H36FN3O2/c1-17(2)14-27(15-18(3)4)22(28)16-26-11-9-20(10-12-26)23(29)25-13-19-5-7-21(24)8-6-19/h5-8,17-18,20H,9-16H2,1-4H3,(H,25,29). The fourth-order valence-corrected chi connectivity index (χ4v) is 3.74. The fraction of sp³-hybridized carbons (Fsp3) is 0.652. The normalized spacial score (nSPS) is 15.7. The molecule has 1 aliphatic rings. The minimum Gasteiger partial charge on any atom is -0.352 e. The Morgan fingerprint density at radius 1 is 1.07 bits per heavy atom. The highest BCUT2D eigenvalue weighted by Crippen LogP contribution is 2.18. The summed E-state index contributed by atoms with van der Waals surface area (Å²) in [5.74, 6) is 0.834. The van der Waals surface area contributed by atoms with Crippen molar-refractivity contribution >= 4 is 11.8 Å². The zero-order valence-corrected chi connectivity index (χ0v) is 18.3. The summed E-state index contributed by atoms with van der Waals surface area (Å²) < 4.78 is 13.0. The Hall–Kier alpha value is -1.95. The highest BCUT2D eigenvalue weighted by molar-refractivity contribution is 5.79. The fourth-order valence-electron chi connectivity index (χ4n) is 3.74. The number of nitrogens with one attached hydrogen (secondary N) is 1. The van der Waals surface area contributed by atoms with E-state index in [1.807, 2.05) is 4.90 Å². The van der Waals surface area contributed by atoms with E-state index >= 15 is 0 Å². The highest BCUT2D eigenvalue weighted by Gasteiger charge is 2.27. The van der Waals surface area contributed by atoms with Gasteiger partial charge < -0.3 is 10.2 Å². The van der Waals surface area contributed by atoms with Crippen molar-refractivity contribution in [3.63, 3.8) is 0 Å². The summed E-state index contributed by atoms with van der Waals surface area (Å²) in [5, 5.41) is 2.95. The number of likely N-dealkylation sites (tertiary alicyclic amines) is 1. The molecule has 0 aliphatic carbocycles. The van der Waals surface area contributed by atoms with Crippen molar-refractivity contribution in [1.82, 2.24) is 15.1 Å². The average molecular weight is 406 g/mol. The van der Waals surface area contributed by atoms with Gasteiger partial charge in [-0.05, 0) is 55.5 Å². The third kappa shape index (κ3) is 8.13. The molecule has 1 saturated heterocycles. The molecule has 1 aromatic rings. The maximum Gasteiger partial charge on any atom is 0.236 e. The Morgan fingerprint density at radius 2 is 1.62 bits per heavy atom. The molecule has 0 unspecified atom stereocenters. The molecular formula is C23H36FN3O2. The van der Waals surface area contributed by atoms with Crippen LogP contribution >= 0.6 is 0 Å². The second-order valence-electron chi connectivity index (χ2n) is 8.98. The van der Waals surface area contributed by atoms with Gasteiger partial charge in [-0.25, -0.2) is 4.39 Å². The topological polar surface area (TPSA) is 52.7 Å². The number of hydrogen-bond acceptors (Lipinski definition) is 3. The Bertz CT molecular complexity index is 643. The smallest absolute Gasteiger partial charge is 0.236 e. The minimum absolute atomic E-state index is 0.0239. The number of carbonyl (C=O) groups is 2. The van der Waals surface area contributed by atoms with Gasteiger partial charge in [0.25, 0.3) is 0 Å². The highest BCUT2D eigenvalue weighted by atomic mass is 19.1. The molecule has 5 nitrogen and oxygen atoms in total. The summed E-state index contributed by atoms with van der Waals surface area (Å²) in [6.45, 7) is 12.5. The number of benzene rings is 1. The first-order valence-corrected chi connectivity index (χ1v) is 10.8. The average Bonchev–Trinajstić information content (AvgIpc) is 2.66. The molecule has 1 N–H and O–H groups in total. The third-order valence-corrected chi connectivity index (χ3v) is 5.22. The van der Waals surface area contributed by atoms with Crippen LogP contribution in [0.1, 0.15) is 46.1 Å². The van der Waals surface area contributed by atoms with Crippen LogP contribution in [0.3, 0.4) is 0 Å². The number of nitrogens with zero attached hydrogens (tertiary/aromatic N) is 2. The van der Waals surface area contributed by atoms with Crippen molar-refractivity contribution in [3.05, 3.63) is 35.6 Å². The molecule has 0 aromatic heterocycles. The van der Waals surface area contributed by atoms with Gasteiger partial charge in [-0.3, -0.25) is 14.5 Å².